The standard InChI is InChI=1S/C14H20O3Si/c1-5-12-9-8-10-13(11-12)17-18-14(4,15-6-2)16-7-3/h5,8-11H,1,6-7H2,2-4H3. The average molecular weight is 264 g/mol. The SMILES string of the molecule is C=Cc1cccc(O[Si]C(C)(OCC)OCC)c1. The van der Waals surface area contributed by atoms with E-state index >= 15 is 0 Å². The van der Waals surface area contributed by atoms with Crippen LogP contribution in [-0.4, -0.2) is 28.4 Å². The highest BCUT2D eigenvalue weighted by Crippen LogP contribution is 2.17. The lowest BCUT2D eigenvalue weighted by Crippen LogP contribution is -2.42. The zero-order valence-corrected chi connectivity index (χ0v) is 12.2. The predicted molar refractivity (Wildman–Crippen MR) is 74.6 cm³/mol. The number of benzene rings is 1. The first-order chi connectivity index (χ1) is 8.63. The Morgan fingerprint density at radius 1 is 1.28 bits per heavy atom. The van der Waals surface area contributed by atoms with Gasteiger partial charge in [0.2, 0.25) is 0 Å². The Morgan fingerprint density at radius 3 is 2.50 bits per heavy atom. The van der Waals surface area contributed by atoms with Gasteiger partial charge in [0.15, 0.2) is 5.41 Å². The van der Waals surface area contributed by atoms with Crippen LogP contribution in [-0.2, 0) is 9.47 Å². The summed E-state index contributed by atoms with van der Waals surface area (Å²) in [4.78, 5) is 0. The van der Waals surface area contributed by atoms with Crippen LogP contribution in [0.4, 0.5) is 0 Å². The molecule has 0 aliphatic heterocycles. The molecule has 1 rings (SSSR count). The predicted octanol–water partition coefficient (Wildman–Crippen LogP) is 3.07. The van der Waals surface area contributed by atoms with E-state index in [1.807, 2.05) is 45.0 Å². The summed E-state index contributed by atoms with van der Waals surface area (Å²) in [5, 5.41) is 0. The lowest BCUT2D eigenvalue weighted by atomic mass is 10.2. The van der Waals surface area contributed by atoms with Gasteiger partial charge in [0, 0.05) is 13.2 Å². The second kappa shape index (κ2) is 7.36. The maximum Gasteiger partial charge on any atom is 0.381 e. The van der Waals surface area contributed by atoms with Crippen molar-refractivity contribution >= 4 is 15.8 Å². The van der Waals surface area contributed by atoms with Crippen molar-refractivity contribution in [3.05, 3.63) is 36.4 Å². The van der Waals surface area contributed by atoms with Crippen LogP contribution in [0.25, 0.3) is 6.08 Å². The van der Waals surface area contributed by atoms with Gasteiger partial charge in [-0.25, -0.2) is 0 Å². The molecule has 0 unspecified atom stereocenters. The largest absolute Gasteiger partial charge is 0.535 e. The third kappa shape index (κ3) is 4.64. The first kappa shape index (κ1) is 15.0. The van der Waals surface area contributed by atoms with Crippen molar-refractivity contribution < 1.29 is 13.9 Å². The molecule has 0 N–H and O–H groups in total. The van der Waals surface area contributed by atoms with Crippen molar-refractivity contribution in [2.75, 3.05) is 13.2 Å². The van der Waals surface area contributed by atoms with Crippen molar-refractivity contribution in [2.24, 2.45) is 0 Å². The molecule has 0 heterocycles. The van der Waals surface area contributed by atoms with Crippen LogP contribution in [0.3, 0.4) is 0 Å². The van der Waals surface area contributed by atoms with Crippen LogP contribution >= 0.6 is 0 Å². The molecule has 0 saturated heterocycles. The maximum atomic E-state index is 5.75. The quantitative estimate of drug-likeness (QED) is 0.533. The van der Waals surface area contributed by atoms with Gasteiger partial charge in [0.1, 0.15) is 5.75 Å². The Balaban J connectivity index is 2.63. The smallest absolute Gasteiger partial charge is 0.381 e. The molecule has 0 aromatic heterocycles. The lowest BCUT2D eigenvalue weighted by molar-refractivity contribution is -0.167. The van der Waals surface area contributed by atoms with Crippen LogP contribution in [0.1, 0.15) is 26.3 Å². The van der Waals surface area contributed by atoms with Crippen molar-refractivity contribution in [3.63, 3.8) is 0 Å². The Bertz CT molecular complexity index is 373. The highest BCUT2D eigenvalue weighted by Gasteiger charge is 2.29. The van der Waals surface area contributed by atoms with Crippen LogP contribution < -0.4 is 4.43 Å². The van der Waals surface area contributed by atoms with Gasteiger partial charge in [0.05, 0.1) is 0 Å². The molecule has 1 aromatic carbocycles. The fraction of sp³-hybridized carbons (Fsp3) is 0.429. The highest BCUT2D eigenvalue weighted by atomic mass is 28.2. The van der Waals surface area contributed by atoms with Crippen molar-refractivity contribution in [2.45, 2.75) is 26.2 Å². The van der Waals surface area contributed by atoms with E-state index in [4.69, 9.17) is 13.9 Å². The normalized spacial score (nSPS) is 11.3. The molecule has 0 aliphatic rings. The number of hydrogen-bond acceptors (Lipinski definition) is 3. The van der Waals surface area contributed by atoms with E-state index < -0.39 is 5.41 Å². The van der Waals surface area contributed by atoms with Crippen molar-refractivity contribution in [1.29, 1.82) is 0 Å². The summed E-state index contributed by atoms with van der Waals surface area (Å²) >= 11 is 0. The molecule has 0 saturated carbocycles. The van der Waals surface area contributed by atoms with Gasteiger partial charge in [-0.1, -0.05) is 24.8 Å². The summed E-state index contributed by atoms with van der Waals surface area (Å²) in [6.07, 6.45) is 1.79. The molecule has 18 heavy (non-hydrogen) atoms. The summed E-state index contributed by atoms with van der Waals surface area (Å²) in [6.45, 7) is 10.7. The molecule has 0 atom stereocenters. The molecule has 0 spiro atoms. The van der Waals surface area contributed by atoms with Gasteiger partial charge in [-0.15, -0.1) is 0 Å². The second-order valence-corrected chi connectivity index (χ2v) is 5.11. The van der Waals surface area contributed by atoms with Crippen molar-refractivity contribution in [3.8, 4) is 5.75 Å². The summed E-state index contributed by atoms with van der Waals surface area (Å²) < 4.78 is 16.9. The van der Waals surface area contributed by atoms with E-state index in [9.17, 15) is 0 Å². The fourth-order valence-electron chi connectivity index (χ4n) is 1.51. The molecule has 0 fully saturated rings. The topological polar surface area (TPSA) is 27.7 Å². The fourth-order valence-corrected chi connectivity index (χ4v) is 2.34. The summed E-state index contributed by atoms with van der Waals surface area (Å²) in [5.74, 6) is 0.802. The molecule has 4 heteroatoms. The maximum absolute atomic E-state index is 5.75. The van der Waals surface area contributed by atoms with Crippen molar-refractivity contribution in [1.82, 2.24) is 0 Å². The molecular weight excluding hydrogens is 244 g/mol. The van der Waals surface area contributed by atoms with Gasteiger partial charge in [-0.3, -0.25) is 0 Å². The highest BCUT2D eigenvalue weighted by molar-refractivity contribution is 6.32. The molecule has 98 valence electrons. The van der Waals surface area contributed by atoms with Gasteiger partial charge >= 0.3 is 9.76 Å². The minimum Gasteiger partial charge on any atom is -0.535 e. The van der Waals surface area contributed by atoms with Crippen LogP contribution in [0, 0.1) is 0 Å². The van der Waals surface area contributed by atoms with Crippen LogP contribution in [0.15, 0.2) is 30.8 Å². The van der Waals surface area contributed by atoms with E-state index in [0.717, 1.165) is 11.3 Å². The zero-order valence-electron chi connectivity index (χ0n) is 11.2. The molecule has 2 radical (unpaired) electrons. The van der Waals surface area contributed by atoms with Gasteiger partial charge in [-0.05, 0) is 38.5 Å². The molecule has 0 amide bonds. The third-order valence-electron chi connectivity index (χ3n) is 2.29. The number of ether oxygens (including phenoxy) is 2. The minimum atomic E-state index is -0.673. The second-order valence-electron chi connectivity index (χ2n) is 3.79. The minimum absolute atomic E-state index is 0.0864. The first-order valence-corrected chi connectivity index (χ1v) is 6.98. The number of hydrogen-bond donors (Lipinski definition) is 0. The van der Waals surface area contributed by atoms with Crippen LogP contribution in [0.5, 0.6) is 5.75 Å². The van der Waals surface area contributed by atoms with E-state index in [1.165, 1.54) is 0 Å². The third-order valence-corrected chi connectivity index (χ3v) is 3.28. The Hall–Kier alpha value is -1.10. The van der Waals surface area contributed by atoms with E-state index in [0.29, 0.717) is 13.2 Å². The lowest BCUT2D eigenvalue weighted by Gasteiger charge is -2.27. The van der Waals surface area contributed by atoms with E-state index in [2.05, 4.69) is 6.58 Å². The summed E-state index contributed by atoms with van der Waals surface area (Å²) in [5.41, 5.74) is 0.361. The zero-order chi connectivity index (χ0) is 13.4. The Labute approximate surface area is 112 Å². The van der Waals surface area contributed by atoms with E-state index in [1.54, 1.807) is 6.08 Å². The average Bonchev–Trinajstić information content (AvgIpc) is 2.37. The van der Waals surface area contributed by atoms with Gasteiger partial charge < -0.3 is 13.9 Å². The Morgan fingerprint density at radius 2 is 1.94 bits per heavy atom. The molecule has 0 aliphatic carbocycles. The first-order valence-electron chi connectivity index (χ1n) is 6.08. The van der Waals surface area contributed by atoms with Gasteiger partial charge in [-0.2, -0.15) is 0 Å². The Kier molecular flexibility index (Phi) is 6.11. The molecule has 0 bridgehead atoms. The molecule has 1 aromatic rings. The summed E-state index contributed by atoms with van der Waals surface area (Å²) in [7, 11) is 0.0864. The van der Waals surface area contributed by atoms with Crippen LogP contribution in [0.2, 0.25) is 0 Å². The molecular formula is C14H20O3Si. The number of rotatable bonds is 8. The monoisotopic (exact) mass is 264 g/mol. The summed E-state index contributed by atoms with van der Waals surface area (Å²) in [6, 6.07) is 7.78. The van der Waals surface area contributed by atoms with Gasteiger partial charge in [0.25, 0.3) is 0 Å². The van der Waals surface area contributed by atoms with E-state index in [-0.39, 0.29) is 9.76 Å². The molecule has 3 nitrogen and oxygen atoms in total.